The van der Waals surface area contributed by atoms with E-state index in [4.69, 9.17) is 4.99 Å². The number of thiophene rings is 1. The van der Waals surface area contributed by atoms with Gasteiger partial charge < -0.3 is 4.90 Å². The van der Waals surface area contributed by atoms with Crippen molar-refractivity contribution in [2.75, 3.05) is 11.4 Å². The molecular formula is C17H16N2OS. The van der Waals surface area contributed by atoms with Crippen molar-refractivity contribution in [1.29, 1.82) is 0 Å². The number of ketones is 1. The molecule has 2 aliphatic heterocycles. The number of amidine groups is 1. The Hall–Kier alpha value is -1.94. The number of piperidine rings is 1. The highest BCUT2D eigenvalue weighted by Crippen LogP contribution is 2.40. The van der Waals surface area contributed by atoms with Crippen LogP contribution in [0.4, 0.5) is 10.7 Å². The Kier molecular flexibility index (Phi) is 2.93. The standard InChI is InChI=1S/C17H16N2OS/c1-11-10-14-15(20)13-8-5-9-19(12-6-3-2-4-7-12)16(13)18-17(14)21-11/h2-4,6-7,10,13H,5,8-9H2,1H3. The summed E-state index contributed by atoms with van der Waals surface area (Å²) < 4.78 is 0. The van der Waals surface area contributed by atoms with E-state index in [1.807, 2.05) is 31.2 Å². The number of anilines is 1. The number of fused-ring (bicyclic) bond motifs is 2. The number of para-hydroxylation sites is 1. The minimum Gasteiger partial charge on any atom is -0.329 e. The number of aliphatic imine (C=N–C) groups is 1. The number of nitrogens with zero attached hydrogens (tertiary/aromatic N) is 2. The number of Topliss-reactive ketones (excluding diaryl/α,β-unsaturated/α-hetero) is 1. The molecule has 0 amide bonds. The highest BCUT2D eigenvalue weighted by atomic mass is 32.1. The van der Waals surface area contributed by atoms with E-state index in [0.717, 1.165) is 46.4 Å². The van der Waals surface area contributed by atoms with Gasteiger partial charge in [-0.1, -0.05) is 18.2 Å². The average molecular weight is 296 g/mol. The molecule has 0 saturated carbocycles. The van der Waals surface area contributed by atoms with Crippen LogP contribution in [0.2, 0.25) is 0 Å². The summed E-state index contributed by atoms with van der Waals surface area (Å²) in [6.07, 6.45) is 1.94. The molecule has 2 aliphatic rings. The molecule has 0 radical (unpaired) electrons. The van der Waals surface area contributed by atoms with Gasteiger partial charge in [-0.2, -0.15) is 0 Å². The topological polar surface area (TPSA) is 32.7 Å². The quantitative estimate of drug-likeness (QED) is 0.790. The first-order chi connectivity index (χ1) is 10.2. The highest BCUT2D eigenvalue weighted by Gasteiger charge is 2.38. The SMILES string of the molecule is Cc1cc2c(s1)N=C1C(CCCN1c1ccccc1)C2=O. The zero-order valence-electron chi connectivity index (χ0n) is 11.9. The zero-order chi connectivity index (χ0) is 14.4. The first kappa shape index (κ1) is 12.8. The smallest absolute Gasteiger partial charge is 0.176 e. The van der Waals surface area contributed by atoms with Crippen molar-refractivity contribution in [3.05, 3.63) is 46.8 Å². The summed E-state index contributed by atoms with van der Waals surface area (Å²) in [5.74, 6) is 1.12. The van der Waals surface area contributed by atoms with Gasteiger partial charge >= 0.3 is 0 Å². The van der Waals surface area contributed by atoms with Gasteiger partial charge in [-0.3, -0.25) is 4.79 Å². The molecule has 3 heterocycles. The van der Waals surface area contributed by atoms with Crippen LogP contribution in [0.5, 0.6) is 0 Å². The van der Waals surface area contributed by atoms with Crippen LogP contribution in [0.25, 0.3) is 0 Å². The molecule has 21 heavy (non-hydrogen) atoms. The number of rotatable bonds is 1. The minimum atomic E-state index is -0.0690. The number of aryl methyl sites for hydroxylation is 1. The third-order valence-corrected chi connectivity index (χ3v) is 5.11. The maximum atomic E-state index is 12.7. The summed E-state index contributed by atoms with van der Waals surface area (Å²) in [6, 6.07) is 12.2. The number of hydrogen-bond acceptors (Lipinski definition) is 4. The van der Waals surface area contributed by atoms with E-state index >= 15 is 0 Å². The lowest BCUT2D eigenvalue weighted by Crippen LogP contribution is -2.45. The van der Waals surface area contributed by atoms with Gasteiger partial charge in [0.05, 0.1) is 11.5 Å². The third-order valence-electron chi connectivity index (χ3n) is 4.16. The van der Waals surface area contributed by atoms with Crippen LogP contribution in [0.3, 0.4) is 0 Å². The van der Waals surface area contributed by atoms with Gasteiger partial charge in [0.25, 0.3) is 0 Å². The fourth-order valence-electron chi connectivity index (χ4n) is 3.19. The maximum Gasteiger partial charge on any atom is 0.176 e. The summed E-state index contributed by atoms with van der Waals surface area (Å²) in [7, 11) is 0. The second-order valence-electron chi connectivity index (χ2n) is 5.59. The van der Waals surface area contributed by atoms with Crippen molar-refractivity contribution in [2.24, 2.45) is 10.9 Å². The second-order valence-corrected chi connectivity index (χ2v) is 6.83. The Bertz CT molecular complexity index is 733. The van der Waals surface area contributed by atoms with E-state index in [1.165, 1.54) is 0 Å². The van der Waals surface area contributed by atoms with Gasteiger partial charge in [0.15, 0.2) is 5.78 Å². The van der Waals surface area contributed by atoms with Crippen molar-refractivity contribution >= 4 is 33.6 Å². The average Bonchev–Trinajstić information content (AvgIpc) is 2.89. The second kappa shape index (κ2) is 4.81. The normalized spacial score (nSPS) is 20.8. The van der Waals surface area contributed by atoms with Crippen LogP contribution in [0, 0.1) is 12.8 Å². The van der Waals surface area contributed by atoms with Crippen molar-refractivity contribution in [2.45, 2.75) is 19.8 Å². The largest absolute Gasteiger partial charge is 0.329 e. The van der Waals surface area contributed by atoms with Crippen molar-refractivity contribution < 1.29 is 4.79 Å². The van der Waals surface area contributed by atoms with Crippen molar-refractivity contribution in [3.8, 4) is 0 Å². The van der Waals surface area contributed by atoms with E-state index in [-0.39, 0.29) is 11.7 Å². The van der Waals surface area contributed by atoms with Crippen LogP contribution in [-0.4, -0.2) is 18.2 Å². The van der Waals surface area contributed by atoms with Gasteiger partial charge in [0, 0.05) is 17.1 Å². The van der Waals surface area contributed by atoms with Crippen molar-refractivity contribution in [1.82, 2.24) is 0 Å². The minimum absolute atomic E-state index is 0.0690. The van der Waals surface area contributed by atoms with Crippen LogP contribution >= 0.6 is 11.3 Å². The molecule has 1 saturated heterocycles. The highest BCUT2D eigenvalue weighted by molar-refractivity contribution is 7.16. The Morgan fingerprint density at radius 1 is 1.29 bits per heavy atom. The molecule has 106 valence electrons. The third kappa shape index (κ3) is 2.02. The molecule has 1 atom stereocenters. The first-order valence-electron chi connectivity index (χ1n) is 7.30. The number of hydrogen-bond donors (Lipinski definition) is 0. The fourth-order valence-corrected chi connectivity index (χ4v) is 4.08. The Morgan fingerprint density at radius 3 is 2.90 bits per heavy atom. The van der Waals surface area contributed by atoms with Gasteiger partial charge in [-0.05, 0) is 38.0 Å². The summed E-state index contributed by atoms with van der Waals surface area (Å²) in [5, 5.41) is 0.881. The fraction of sp³-hybridized carbons (Fsp3) is 0.294. The maximum absolute atomic E-state index is 12.7. The number of carbonyl (C=O) groups excluding carboxylic acids is 1. The van der Waals surface area contributed by atoms with E-state index < -0.39 is 0 Å². The summed E-state index contributed by atoms with van der Waals surface area (Å²) >= 11 is 1.61. The molecule has 3 nitrogen and oxygen atoms in total. The van der Waals surface area contributed by atoms with Crippen molar-refractivity contribution in [3.63, 3.8) is 0 Å². The predicted octanol–water partition coefficient (Wildman–Crippen LogP) is 4.20. The van der Waals surface area contributed by atoms with Crippen LogP contribution in [-0.2, 0) is 0 Å². The molecule has 0 bridgehead atoms. The lowest BCUT2D eigenvalue weighted by Gasteiger charge is -2.36. The zero-order valence-corrected chi connectivity index (χ0v) is 12.7. The lowest BCUT2D eigenvalue weighted by molar-refractivity contribution is 0.0944. The van der Waals surface area contributed by atoms with E-state index in [9.17, 15) is 4.79 Å². The first-order valence-corrected chi connectivity index (χ1v) is 8.11. The summed E-state index contributed by atoms with van der Waals surface area (Å²) in [4.78, 5) is 20.9. The monoisotopic (exact) mass is 296 g/mol. The Morgan fingerprint density at radius 2 is 2.10 bits per heavy atom. The van der Waals surface area contributed by atoms with Crippen LogP contribution < -0.4 is 4.90 Å². The summed E-state index contributed by atoms with van der Waals surface area (Å²) in [6.45, 7) is 2.97. The number of benzene rings is 1. The molecule has 4 heteroatoms. The molecule has 0 spiro atoms. The molecule has 1 aromatic heterocycles. The van der Waals surface area contributed by atoms with Gasteiger partial charge in [-0.15, -0.1) is 11.3 Å². The van der Waals surface area contributed by atoms with E-state index in [1.54, 1.807) is 11.3 Å². The van der Waals surface area contributed by atoms with Gasteiger partial charge in [-0.25, -0.2) is 4.99 Å². The molecular weight excluding hydrogens is 280 g/mol. The van der Waals surface area contributed by atoms with Gasteiger partial charge in [0.1, 0.15) is 10.8 Å². The Labute approximate surface area is 127 Å². The van der Waals surface area contributed by atoms with E-state index in [2.05, 4.69) is 17.0 Å². The van der Waals surface area contributed by atoms with Crippen LogP contribution in [0.1, 0.15) is 28.1 Å². The molecule has 1 aromatic carbocycles. The Balaban J connectivity index is 1.83. The summed E-state index contributed by atoms with van der Waals surface area (Å²) in [5.41, 5.74) is 1.95. The lowest BCUT2D eigenvalue weighted by atomic mass is 9.87. The molecule has 0 N–H and O–H groups in total. The van der Waals surface area contributed by atoms with Gasteiger partial charge in [0.2, 0.25) is 0 Å². The van der Waals surface area contributed by atoms with E-state index in [0.29, 0.717) is 0 Å². The molecule has 2 aromatic rings. The predicted molar refractivity (Wildman–Crippen MR) is 87.0 cm³/mol. The number of carbonyl (C=O) groups is 1. The molecule has 1 fully saturated rings. The molecule has 1 unspecified atom stereocenters. The molecule has 4 rings (SSSR count). The molecule has 0 aliphatic carbocycles. The van der Waals surface area contributed by atoms with Crippen LogP contribution in [0.15, 0.2) is 41.4 Å².